The molecule has 0 saturated heterocycles. The fraction of sp³-hybridized carbons (Fsp3) is 0.556. The molecule has 1 aromatic heterocycles. The van der Waals surface area contributed by atoms with Gasteiger partial charge in [0.1, 0.15) is 12.7 Å². The van der Waals surface area contributed by atoms with E-state index < -0.39 is 0 Å². The van der Waals surface area contributed by atoms with Gasteiger partial charge in [-0.1, -0.05) is 5.16 Å². The molecule has 0 radical (unpaired) electrons. The lowest BCUT2D eigenvalue weighted by Gasteiger charge is -2.01. The molecule has 1 aromatic rings. The molecule has 0 amide bonds. The van der Waals surface area contributed by atoms with Gasteiger partial charge < -0.3 is 9.57 Å². The van der Waals surface area contributed by atoms with Crippen LogP contribution in [0, 0.1) is 0 Å². The molecule has 0 aromatic carbocycles. The predicted octanol–water partition coefficient (Wildman–Crippen LogP) is 0.483. The van der Waals surface area contributed by atoms with E-state index in [1.54, 1.807) is 14.0 Å². The van der Waals surface area contributed by atoms with Gasteiger partial charge in [0, 0.05) is 7.05 Å². The lowest BCUT2D eigenvalue weighted by Crippen LogP contribution is -2.18. The number of oxime groups is 1. The van der Waals surface area contributed by atoms with Crippen LogP contribution in [0.1, 0.15) is 19.4 Å². The molecule has 1 rings (SSSR count). The summed E-state index contributed by atoms with van der Waals surface area (Å²) in [7, 11) is 3.05. The molecule has 0 aliphatic rings. The minimum Gasteiger partial charge on any atom is -0.478 e. The molecule has 6 heteroatoms. The molecule has 15 heavy (non-hydrogen) atoms. The fourth-order valence-corrected chi connectivity index (χ4v) is 1.27. The summed E-state index contributed by atoms with van der Waals surface area (Å²) in [6, 6.07) is 0. The van der Waals surface area contributed by atoms with Gasteiger partial charge in [0.15, 0.2) is 0 Å². The number of nitrogens with zero attached hydrogens (tertiary/aromatic N) is 2. The van der Waals surface area contributed by atoms with E-state index in [0.717, 1.165) is 0 Å². The summed E-state index contributed by atoms with van der Waals surface area (Å²) in [5.74, 6) is 0.420. The Hall–Kier alpha value is -1.72. The maximum Gasteiger partial charge on any atom is 0.279 e. The van der Waals surface area contributed by atoms with E-state index in [9.17, 15) is 4.79 Å². The maximum absolute atomic E-state index is 11.7. The maximum atomic E-state index is 11.7. The third-order valence-electron chi connectivity index (χ3n) is 1.89. The normalized spacial score (nSPS) is 11.6. The number of rotatable bonds is 4. The zero-order valence-electron chi connectivity index (χ0n) is 9.33. The van der Waals surface area contributed by atoms with Crippen molar-refractivity contribution in [3.05, 3.63) is 15.9 Å². The standard InChI is InChI=1S/C9H15N3O3/c1-5-15-8-7(6(2)11-14-4)9(13)12(3)10-8/h10H,5H2,1-4H3/b11-6+. The van der Waals surface area contributed by atoms with Crippen LogP contribution in [0.3, 0.4) is 0 Å². The van der Waals surface area contributed by atoms with Crippen molar-refractivity contribution in [3.63, 3.8) is 0 Å². The van der Waals surface area contributed by atoms with E-state index in [1.165, 1.54) is 11.8 Å². The molecule has 0 aliphatic carbocycles. The minimum atomic E-state index is -0.184. The second-order valence-corrected chi connectivity index (χ2v) is 2.97. The molecule has 0 spiro atoms. The topological polar surface area (TPSA) is 68.6 Å². The molecule has 0 saturated carbocycles. The smallest absolute Gasteiger partial charge is 0.279 e. The predicted molar refractivity (Wildman–Crippen MR) is 56.4 cm³/mol. The number of aromatic nitrogens is 2. The van der Waals surface area contributed by atoms with Crippen LogP contribution in [0.15, 0.2) is 9.95 Å². The SMILES string of the molecule is CCOc1[nH]n(C)c(=O)c1/C(C)=N/OC. The number of nitrogens with one attached hydrogen (secondary N) is 1. The highest BCUT2D eigenvalue weighted by molar-refractivity contribution is 6.00. The van der Waals surface area contributed by atoms with Crippen molar-refractivity contribution in [1.82, 2.24) is 9.78 Å². The summed E-state index contributed by atoms with van der Waals surface area (Å²) in [4.78, 5) is 16.3. The average Bonchev–Trinajstić information content (AvgIpc) is 2.44. The van der Waals surface area contributed by atoms with E-state index in [0.29, 0.717) is 23.8 Å². The van der Waals surface area contributed by atoms with Crippen LogP contribution >= 0.6 is 0 Å². The summed E-state index contributed by atoms with van der Waals surface area (Å²) in [6.07, 6.45) is 0. The van der Waals surface area contributed by atoms with Crippen molar-refractivity contribution < 1.29 is 9.57 Å². The van der Waals surface area contributed by atoms with Gasteiger partial charge in [-0.3, -0.25) is 14.6 Å². The molecule has 0 aliphatic heterocycles. The molecule has 1 heterocycles. The van der Waals surface area contributed by atoms with E-state index in [1.807, 2.05) is 6.92 Å². The summed E-state index contributed by atoms with van der Waals surface area (Å²) >= 11 is 0. The Morgan fingerprint density at radius 3 is 2.80 bits per heavy atom. The highest BCUT2D eigenvalue weighted by Gasteiger charge is 2.16. The summed E-state index contributed by atoms with van der Waals surface area (Å²) in [6.45, 7) is 4.02. The first-order valence-corrected chi connectivity index (χ1v) is 4.61. The van der Waals surface area contributed by atoms with E-state index >= 15 is 0 Å². The highest BCUT2D eigenvalue weighted by Crippen LogP contribution is 2.12. The van der Waals surface area contributed by atoms with Crippen LogP contribution in [0.5, 0.6) is 5.88 Å². The van der Waals surface area contributed by atoms with Crippen LogP contribution in [0.4, 0.5) is 0 Å². The zero-order chi connectivity index (χ0) is 11.4. The second kappa shape index (κ2) is 4.68. The first-order chi connectivity index (χ1) is 7.11. The Morgan fingerprint density at radius 1 is 1.60 bits per heavy atom. The van der Waals surface area contributed by atoms with Gasteiger partial charge in [0.25, 0.3) is 5.56 Å². The molecule has 0 atom stereocenters. The molecular weight excluding hydrogens is 198 g/mol. The fourth-order valence-electron chi connectivity index (χ4n) is 1.27. The minimum absolute atomic E-state index is 0.184. The second-order valence-electron chi connectivity index (χ2n) is 2.97. The quantitative estimate of drug-likeness (QED) is 0.584. The van der Waals surface area contributed by atoms with Crippen LogP contribution in [0.25, 0.3) is 0 Å². The van der Waals surface area contributed by atoms with Gasteiger partial charge in [-0.05, 0) is 13.8 Å². The monoisotopic (exact) mass is 213 g/mol. The van der Waals surface area contributed by atoms with E-state index in [2.05, 4.69) is 15.1 Å². The summed E-state index contributed by atoms with van der Waals surface area (Å²) < 4.78 is 6.64. The number of hydrogen-bond acceptors (Lipinski definition) is 4. The number of hydrogen-bond donors (Lipinski definition) is 1. The van der Waals surface area contributed by atoms with Gasteiger partial charge in [0.2, 0.25) is 5.88 Å². The first kappa shape index (κ1) is 11.4. The van der Waals surface area contributed by atoms with Gasteiger partial charge in [-0.2, -0.15) is 0 Å². The van der Waals surface area contributed by atoms with Crippen molar-refractivity contribution in [3.8, 4) is 5.88 Å². The highest BCUT2D eigenvalue weighted by atomic mass is 16.6. The average molecular weight is 213 g/mol. The summed E-state index contributed by atoms with van der Waals surface area (Å²) in [5.41, 5.74) is 0.709. The van der Waals surface area contributed by atoms with Crippen LogP contribution in [-0.2, 0) is 11.9 Å². The molecule has 0 bridgehead atoms. The Morgan fingerprint density at radius 2 is 2.27 bits per heavy atom. The van der Waals surface area contributed by atoms with Crippen LogP contribution in [-0.4, -0.2) is 29.2 Å². The third-order valence-corrected chi connectivity index (χ3v) is 1.89. The molecule has 6 nitrogen and oxygen atoms in total. The lowest BCUT2D eigenvalue weighted by molar-refractivity contribution is 0.213. The van der Waals surface area contributed by atoms with Crippen LogP contribution in [0.2, 0.25) is 0 Å². The molecule has 0 fully saturated rings. The van der Waals surface area contributed by atoms with Crippen molar-refractivity contribution >= 4 is 5.71 Å². The van der Waals surface area contributed by atoms with Crippen molar-refractivity contribution in [2.45, 2.75) is 13.8 Å². The Balaban J connectivity index is 3.25. The Labute approximate surface area is 87.5 Å². The lowest BCUT2D eigenvalue weighted by atomic mass is 10.2. The molecule has 84 valence electrons. The van der Waals surface area contributed by atoms with Gasteiger partial charge in [-0.15, -0.1) is 0 Å². The van der Waals surface area contributed by atoms with Crippen molar-refractivity contribution in [1.29, 1.82) is 0 Å². The molecule has 0 unspecified atom stereocenters. The Kier molecular flexibility index (Phi) is 3.54. The van der Waals surface area contributed by atoms with E-state index in [4.69, 9.17) is 4.74 Å². The van der Waals surface area contributed by atoms with Crippen LogP contribution < -0.4 is 10.3 Å². The molecule has 1 N–H and O–H groups in total. The van der Waals surface area contributed by atoms with Gasteiger partial charge in [-0.25, -0.2) is 0 Å². The zero-order valence-corrected chi connectivity index (χ0v) is 9.33. The van der Waals surface area contributed by atoms with Crippen molar-refractivity contribution in [2.75, 3.05) is 13.7 Å². The molecular formula is C9H15N3O3. The number of aromatic amines is 1. The van der Waals surface area contributed by atoms with Gasteiger partial charge in [0.05, 0.1) is 12.3 Å². The third kappa shape index (κ3) is 2.20. The number of ether oxygens (including phenoxy) is 1. The van der Waals surface area contributed by atoms with Gasteiger partial charge >= 0.3 is 0 Å². The van der Waals surface area contributed by atoms with E-state index in [-0.39, 0.29) is 5.56 Å². The summed E-state index contributed by atoms with van der Waals surface area (Å²) in [5, 5.41) is 6.51. The number of H-pyrrole nitrogens is 1. The van der Waals surface area contributed by atoms with Crippen molar-refractivity contribution in [2.24, 2.45) is 12.2 Å². The number of aryl methyl sites for hydroxylation is 1. The Bertz CT molecular complexity index is 417. The first-order valence-electron chi connectivity index (χ1n) is 4.61. The largest absolute Gasteiger partial charge is 0.478 e.